The smallest absolute Gasteiger partial charge is 0.376 e. The van der Waals surface area contributed by atoms with E-state index >= 15 is 0 Å². The summed E-state index contributed by atoms with van der Waals surface area (Å²) in [6, 6.07) is 0.375. The Labute approximate surface area is 105 Å². The van der Waals surface area contributed by atoms with Crippen LogP contribution in [0.4, 0.5) is 13.2 Å². The highest BCUT2D eigenvalue weighted by Crippen LogP contribution is 2.38. The lowest BCUT2D eigenvalue weighted by molar-refractivity contribution is -0.173. The van der Waals surface area contributed by atoms with E-state index in [9.17, 15) is 13.2 Å². The molecule has 2 fully saturated rings. The molecule has 2 unspecified atom stereocenters. The third kappa shape index (κ3) is 4.74. The summed E-state index contributed by atoms with van der Waals surface area (Å²) in [5.74, 6) is 0.700. The molecule has 0 amide bonds. The van der Waals surface area contributed by atoms with Gasteiger partial charge in [-0.05, 0) is 38.1 Å². The second-order valence-electron chi connectivity index (χ2n) is 5.04. The van der Waals surface area contributed by atoms with E-state index in [0.29, 0.717) is 31.0 Å². The van der Waals surface area contributed by atoms with Crippen molar-refractivity contribution in [1.82, 2.24) is 5.32 Å². The Morgan fingerprint density at radius 1 is 1.22 bits per heavy atom. The van der Waals surface area contributed by atoms with Crippen molar-refractivity contribution in [3.63, 3.8) is 0 Å². The van der Waals surface area contributed by atoms with Crippen LogP contribution in [0, 0.1) is 5.92 Å². The first-order chi connectivity index (χ1) is 8.56. The molecule has 1 heterocycles. The fourth-order valence-corrected chi connectivity index (χ4v) is 2.37. The Morgan fingerprint density at radius 3 is 2.67 bits per heavy atom. The van der Waals surface area contributed by atoms with Crippen LogP contribution >= 0.6 is 0 Å². The molecule has 106 valence electrons. The van der Waals surface area contributed by atoms with Crippen LogP contribution in [0.2, 0.25) is 0 Å². The summed E-state index contributed by atoms with van der Waals surface area (Å²) >= 11 is 0. The van der Waals surface area contributed by atoms with Gasteiger partial charge in [-0.15, -0.1) is 0 Å². The maximum Gasteiger partial charge on any atom is 0.411 e. The van der Waals surface area contributed by atoms with E-state index in [-0.39, 0.29) is 6.61 Å². The minimum atomic E-state index is -4.22. The third-order valence-corrected chi connectivity index (χ3v) is 3.36. The normalized spacial score (nSPS) is 28.8. The molecule has 1 saturated heterocycles. The van der Waals surface area contributed by atoms with Crippen LogP contribution in [0.5, 0.6) is 0 Å². The molecule has 0 bridgehead atoms. The Kier molecular flexibility index (Phi) is 4.86. The molecule has 1 saturated carbocycles. The van der Waals surface area contributed by atoms with E-state index in [1.54, 1.807) is 0 Å². The van der Waals surface area contributed by atoms with Crippen molar-refractivity contribution < 1.29 is 22.6 Å². The first kappa shape index (κ1) is 14.1. The monoisotopic (exact) mass is 267 g/mol. The van der Waals surface area contributed by atoms with Gasteiger partial charge in [0.2, 0.25) is 0 Å². The van der Waals surface area contributed by atoms with Crippen LogP contribution < -0.4 is 5.32 Å². The molecule has 1 aliphatic carbocycles. The summed E-state index contributed by atoms with van der Waals surface area (Å²) in [5.41, 5.74) is 0. The Bertz CT molecular complexity index is 256. The van der Waals surface area contributed by atoms with Crippen molar-refractivity contribution in [3.8, 4) is 0 Å². The number of hydrogen-bond acceptors (Lipinski definition) is 3. The summed E-state index contributed by atoms with van der Waals surface area (Å²) in [6.07, 6.45) is 0.203. The van der Waals surface area contributed by atoms with Crippen molar-refractivity contribution in [2.24, 2.45) is 5.92 Å². The molecule has 0 aromatic carbocycles. The van der Waals surface area contributed by atoms with Crippen LogP contribution in [0.1, 0.15) is 25.7 Å². The Hall–Kier alpha value is -0.330. The SMILES string of the molecule is FC(F)(F)COCCCNC1CCOC1C1CC1. The maximum absolute atomic E-state index is 11.8. The lowest BCUT2D eigenvalue weighted by Crippen LogP contribution is -2.38. The summed E-state index contributed by atoms with van der Waals surface area (Å²) in [5, 5.41) is 3.36. The zero-order valence-electron chi connectivity index (χ0n) is 10.3. The lowest BCUT2D eigenvalue weighted by Gasteiger charge is -2.19. The first-order valence-electron chi connectivity index (χ1n) is 6.56. The zero-order chi connectivity index (χ0) is 13.0. The molecule has 0 aromatic rings. The summed E-state index contributed by atoms with van der Waals surface area (Å²) in [4.78, 5) is 0. The number of alkyl halides is 3. The van der Waals surface area contributed by atoms with E-state index in [1.165, 1.54) is 12.8 Å². The van der Waals surface area contributed by atoms with Gasteiger partial charge in [-0.25, -0.2) is 0 Å². The van der Waals surface area contributed by atoms with Crippen molar-refractivity contribution in [2.75, 3.05) is 26.4 Å². The van der Waals surface area contributed by atoms with Crippen molar-refractivity contribution in [3.05, 3.63) is 0 Å². The van der Waals surface area contributed by atoms with Gasteiger partial charge >= 0.3 is 6.18 Å². The highest BCUT2D eigenvalue weighted by atomic mass is 19.4. The van der Waals surface area contributed by atoms with Gasteiger partial charge in [-0.1, -0.05) is 0 Å². The molecule has 18 heavy (non-hydrogen) atoms. The minimum absolute atomic E-state index is 0.147. The van der Waals surface area contributed by atoms with Crippen LogP contribution in [-0.2, 0) is 9.47 Å². The summed E-state index contributed by atoms with van der Waals surface area (Å²) < 4.78 is 45.6. The quantitative estimate of drug-likeness (QED) is 0.717. The van der Waals surface area contributed by atoms with Crippen LogP contribution in [-0.4, -0.2) is 44.7 Å². The number of halogens is 3. The fourth-order valence-electron chi connectivity index (χ4n) is 2.37. The van der Waals surface area contributed by atoms with Crippen molar-refractivity contribution in [2.45, 2.75) is 44.0 Å². The highest BCUT2D eigenvalue weighted by molar-refractivity contribution is 4.93. The van der Waals surface area contributed by atoms with E-state index in [4.69, 9.17) is 4.74 Å². The average Bonchev–Trinajstić information content (AvgIpc) is 3.02. The maximum atomic E-state index is 11.8. The molecule has 2 aliphatic rings. The molecule has 1 N–H and O–H groups in total. The molecule has 0 spiro atoms. The fraction of sp³-hybridized carbons (Fsp3) is 1.00. The second kappa shape index (κ2) is 6.21. The molecule has 3 nitrogen and oxygen atoms in total. The topological polar surface area (TPSA) is 30.5 Å². The molecular formula is C12H20F3NO2. The standard InChI is InChI=1S/C12H20F3NO2/c13-12(14,15)8-17-6-1-5-16-10-4-7-18-11(10)9-2-3-9/h9-11,16H,1-8H2. The van der Waals surface area contributed by atoms with Crippen LogP contribution in [0.25, 0.3) is 0 Å². The van der Waals surface area contributed by atoms with Gasteiger partial charge in [-0.2, -0.15) is 13.2 Å². The van der Waals surface area contributed by atoms with Gasteiger partial charge in [0, 0.05) is 19.3 Å². The summed E-state index contributed by atoms with van der Waals surface area (Å²) in [7, 11) is 0. The predicted octanol–water partition coefficient (Wildman–Crippen LogP) is 2.11. The van der Waals surface area contributed by atoms with E-state index in [0.717, 1.165) is 13.0 Å². The van der Waals surface area contributed by atoms with Gasteiger partial charge in [0.1, 0.15) is 6.61 Å². The molecule has 6 heteroatoms. The van der Waals surface area contributed by atoms with Gasteiger partial charge in [0.25, 0.3) is 0 Å². The first-order valence-corrected chi connectivity index (χ1v) is 6.56. The molecule has 1 aliphatic heterocycles. The zero-order valence-corrected chi connectivity index (χ0v) is 10.3. The average molecular weight is 267 g/mol. The Morgan fingerprint density at radius 2 is 2.00 bits per heavy atom. The highest BCUT2D eigenvalue weighted by Gasteiger charge is 2.40. The van der Waals surface area contributed by atoms with Gasteiger partial charge < -0.3 is 14.8 Å². The largest absolute Gasteiger partial charge is 0.411 e. The van der Waals surface area contributed by atoms with Crippen LogP contribution in [0.3, 0.4) is 0 Å². The third-order valence-electron chi connectivity index (χ3n) is 3.36. The molecule has 2 atom stereocenters. The number of nitrogens with one attached hydrogen (secondary N) is 1. The number of ether oxygens (including phenoxy) is 2. The van der Waals surface area contributed by atoms with E-state index in [2.05, 4.69) is 10.1 Å². The van der Waals surface area contributed by atoms with E-state index in [1.807, 2.05) is 0 Å². The van der Waals surface area contributed by atoms with Crippen LogP contribution in [0.15, 0.2) is 0 Å². The van der Waals surface area contributed by atoms with E-state index < -0.39 is 12.8 Å². The molecule has 0 radical (unpaired) electrons. The van der Waals surface area contributed by atoms with Crippen molar-refractivity contribution >= 4 is 0 Å². The number of rotatable bonds is 7. The Balaban J connectivity index is 1.50. The van der Waals surface area contributed by atoms with Gasteiger partial charge in [-0.3, -0.25) is 0 Å². The number of hydrogen-bond donors (Lipinski definition) is 1. The predicted molar refractivity (Wildman–Crippen MR) is 60.4 cm³/mol. The minimum Gasteiger partial charge on any atom is -0.376 e. The molecule has 0 aromatic heterocycles. The summed E-state index contributed by atoms with van der Waals surface area (Å²) in [6.45, 7) is 0.483. The lowest BCUT2D eigenvalue weighted by atomic mass is 10.1. The van der Waals surface area contributed by atoms with Gasteiger partial charge in [0.05, 0.1) is 6.10 Å². The van der Waals surface area contributed by atoms with Gasteiger partial charge in [0.15, 0.2) is 0 Å². The molecular weight excluding hydrogens is 247 g/mol. The van der Waals surface area contributed by atoms with Crippen molar-refractivity contribution in [1.29, 1.82) is 0 Å². The second-order valence-corrected chi connectivity index (χ2v) is 5.04. The molecule has 2 rings (SSSR count).